The van der Waals surface area contributed by atoms with E-state index in [2.05, 4.69) is 42.0 Å². The van der Waals surface area contributed by atoms with Gasteiger partial charge < -0.3 is 4.52 Å². The summed E-state index contributed by atoms with van der Waals surface area (Å²) in [5, 5.41) is 4.43. The number of nitrogens with zero attached hydrogens (tertiary/aromatic N) is 2. The summed E-state index contributed by atoms with van der Waals surface area (Å²) >= 11 is 6.79. The molecule has 0 bridgehead atoms. The first-order valence-electron chi connectivity index (χ1n) is 4.36. The molecule has 3 nitrogen and oxygen atoms in total. The summed E-state index contributed by atoms with van der Waals surface area (Å²) in [6.45, 7) is 2.02. The van der Waals surface area contributed by atoms with Crippen LogP contribution in [0.3, 0.4) is 0 Å². The van der Waals surface area contributed by atoms with Crippen molar-refractivity contribution < 1.29 is 4.52 Å². The van der Waals surface area contributed by atoms with Crippen molar-refractivity contribution in [1.29, 1.82) is 0 Å². The maximum Gasteiger partial charge on any atom is 0.259 e. The summed E-state index contributed by atoms with van der Waals surface area (Å²) in [4.78, 5) is 4.25. The van der Waals surface area contributed by atoms with Crippen LogP contribution in [0.2, 0.25) is 0 Å². The van der Waals surface area contributed by atoms with Crippen LogP contribution < -0.4 is 0 Å². The van der Waals surface area contributed by atoms with Crippen molar-refractivity contribution in [2.24, 2.45) is 0 Å². The third kappa shape index (κ3) is 2.13. The second kappa shape index (κ2) is 4.45. The zero-order chi connectivity index (χ0) is 10.8. The van der Waals surface area contributed by atoms with E-state index in [9.17, 15) is 0 Å². The van der Waals surface area contributed by atoms with Gasteiger partial charge in [-0.1, -0.05) is 33.2 Å². The number of hydrogen-bond acceptors (Lipinski definition) is 3. The largest absolute Gasteiger partial charge is 0.334 e. The second-order valence-electron chi connectivity index (χ2n) is 3.09. The third-order valence-electron chi connectivity index (χ3n) is 2.01. The molecule has 78 valence electrons. The number of aryl methyl sites for hydroxylation is 1. The Morgan fingerprint density at radius 2 is 2.20 bits per heavy atom. The summed E-state index contributed by atoms with van der Waals surface area (Å²) in [5.41, 5.74) is 2.07. The number of aromatic nitrogens is 2. The first-order chi connectivity index (χ1) is 7.22. The van der Waals surface area contributed by atoms with E-state index in [1.165, 1.54) is 0 Å². The van der Waals surface area contributed by atoms with Gasteiger partial charge >= 0.3 is 0 Å². The number of halogens is 2. The summed E-state index contributed by atoms with van der Waals surface area (Å²) in [5.74, 6) is 1.19. The summed E-state index contributed by atoms with van der Waals surface area (Å²) < 4.78 is 6.15. The van der Waals surface area contributed by atoms with E-state index in [-0.39, 0.29) is 0 Å². The highest BCUT2D eigenvalue weighted by Gasteiger charge is 2.11. The molecule has 0 fully saturated rings. The smallest absolute Gasteiger partial charge is 0.259 e. The lowest BCUT2D eigenvalue weighted by Crippen LogP contribution is -1.84. The lowest BCUT2D eigenvalue weighted by atomic mass is 10.1. The normalized spacial score (nSPS) is 10.6. The fourth-order valence-corrected chi connectivity index (χ4v) is 1.89. The van der Waals surface area contributed by atoms with E-state index in [1.807, 2.05) is 25.1 Å². The minimum atomic E-state index is 0.542. The predicted octanol–water partition coefficient (Wildman–Crippen LogP) is 3.70. The maximum absolute atomic E-state index is 5.16. The Labute approximate surface area is 104 Å². The van der Waals surface area contributed by atoms with Crippen LogP contribution in [0.15, 0.2) is 27.2 Å². The SMILES string of the molecule is Cc1cccc(-c2nc(CBr)no2)c1Br. The molecule has 0 aliphatic carbocycles. The Morgan fingerprint density at radius 3 is 2.87 bits per heavy atom. The minimum absolute atomic E-state index is 0.542. The van der Waals surface area contributed by atoms with Gasteiger partial charge in [-0.25, -0.2) is 0 Å². The molecule has 0 spiro atoms. The van der Waals surface area contributed by atoms with E-state index >= 15 is 0 Å². The Bertz CT molecular complexity index is 482. The molecule has 0 atom stereocenters. The van der Waals surface area contributed by atoms with Crippen LogP contribution in [-0.2, 0) is 5.33 Å². The van der Waals surface area contributed by atoms with Gasteiger partial charge in [-0.3, -0.25) is 0 Å². The van der Waals surface area contributed by atoms with Crippen molar-refractivity contribution in [3.8, 4) is 11.5 Å². The van der Waals surface area contributed by atoms with Crippen molar-refractivity contribution in [2.45, 2.75) is 12.3 Å². The molecule has 1 aromatic carbocycles. The lowest BCUT2D eigenvalue weighted by molar-refractivity contribution is 0.425. The number of hydrogen-bond donors (Lipinski definition) is 0. The zero-order valence-corrected chi connectivity index (χ0v) is 11.2. The van der Waals surface area contributed by atoms with Gasteiger partial charge in [0.2, 0.25) is 0 Å². The molecule has 0 saturated heterocycles. The lowest BCUT2D eigenvalue weighted by Gasteiger charge is -2.01. The molecule has 0 N–H and O–H groups in total. The van der Waals surface area contributed by atoms with E-state index < -0.39 is 0 Å². The molecule has 0 radical (unpaired) electrons. The van der Waals surface area contributed by atoms with Gasteiger partial charge in [0.1, 0.15) is 0 Å². The molecule has 2 rings (SSSR count). The van der Waals surface area contributed by atoms with E-state index in [0.717, 1.165) is 15.6 Å². The molecule has 15 heavy (non-hydrogen) atoms. The highest BCUT2D eigenvalue weighted by molar-refractivity contribution is 9.10. The van der Waals surface area contributed by atoms with Crippen LogP contribution in [-0.4, -0.2) is 10.1 Å². The van der Waals surface area contributed by atoms with Crippen molar-refractivity contribution in [3.63, 3.8) is 0 Å². The third-order valence-corrected chi connectivity index (χ3v) is 3.56. The van der Waals surface area contributed by atoms with Gasteiger partial charge in [0, 0.05) is 4.47 Å². The number of benzene rings is 1. The van der Waals surface area contributed by atoms with Crippen LogP contribution in [0.1, 0.15) is 11.4 Å². The summed E-state index contributed by atoms with van der Waals surface area (Å²) in [6.07, 6.45) is 0. The molecule has 0 aliphatic rings. The highest BCUT2D eigenvalue weighted by atomic mass is 79.9. The molecule has 1 aromatic heterocycles. The van der Waals surface area contributed by atoms with Crippen molar-refractivity contribution in [3.05, 3.63) is 34.1 Å². The first-order valence-corrected chi connectivity index (χ1v) is 6.28. The van der Waals surface area contributed by atoms with Crippen LogP contribution >= 0.6 is 31.9 Å². The van der Waals surface area contributed by atoms with Crippen molar-refractivity contribution in [2.75, 3.05) is 0 Å². The summed E-state index contributed by atoms with van der Waals surface area (Å²) in [6, 6.07) is 5.94. The van der Waals surface area contributed by atoms with E-state index in [0.29, 0.717) is 17.0 Å². The van der Waals surface area contributed by atoms with Gasteiger partial charge in [0.15, 0.2) is 5.82 Å². The molecule has 5 heteroatoms. The van der Waals surface area contributed by atoms with Crippen molar-refractivity contribution in [1.82, 2.24) is 10.1 Å². The van der Waals surface area contributed by atoms with Crippen LogP contribution in [0.4, 0.5) is 0 Å². The Balaban J connectivity index is 2.49. The van der Waals surface area contributed by atoms with Crippen LogP contribution in [0.5, 0.6) is 0 Å². The first kappa shape index (κ1) is 10.8. The minimum Gasteiger partial charge on any atom is -0.334 e. The van der Waals surface area contributed by atoms with Gasteiger partial charge in [0.05, 0.1) is 10.9 Å². The van der Waals surface area contributed by atoms with E-state index in [1.54, 1.807) is 0 Å². The molecule has 0 amide bonds. The fraction of sp³-hybridized carbons (Fsp3) is 0.200. The van der Waals surface area contributed by atoms with Crippen LogP contribution in [0.25, 0.3) is 11.5 Å². The molecular weight excluding hydrogens is 324 g/mol. The number of alkyl halides is 1. The molecule has 1 heterocycles. The topological polar surface area (TPSA) is 38.9 Å². The van der Waals surface area contributed by atoms with Gasteiger partial charge in [-0.05, 0) is 34.5 Å². The van der Waals surface area contributed by atoms with Crippen LogP contribution in [0, 0.1) is 6.92 Å². The molecule has 0 aliphatic heterocycles. The zero-order valence-electron chi connectivity index (χ0n) is 8.00. The van der Waals surface area contributed by atoms with Gasteiger partial charge in [-0.2, -0.15) is 4.98 Å². The average Bonchev–Trinajstić information content (AvgIpc) is 2.70. The predicted molar refractivity (Wildman–Crippen MR) is 64.8 cm³/mol. The summed E-state index contributed by atoms with van der Waals surface area (Å²) in [7, 11) is 0. The highest BCUT2D eigenvalue weighted by Crippen LogP contribution is 2.29. The standard InChI is InChI=1S/C10H8Br2N2O/c1-6-3-2-4-7(9(6)12)10-13-8(5-11)14-15-10/h2-4H,5H2,1H3. The number of rotatable bonds is 2. The molecule has 0 saturated carbocycles. The Kier molecular flexibility index (Phi) is 3.21. The van der Waals surface area contributed by atoms with Crippen molar-refractivity contribution >= 4 is 31.9 Å². The molecular formula is C10H8Br2N2O. The van der Waals surface area contributed by atoms with Gasteiger partial charge in [-0.15, -0.1) is 0 Å². The average molecular weight is 332 g/mol. The Morgan fingerprint density at radius 1 is 1.40 bits per heavy atom. The fourth-order valence-electron chi connectivity index (χ4n) is 1.23. The molecule has 2 aromatic rings. The second-order valence-corrected chi connectivity index (χ2v) is 4.44. The quantitative estimate of drug-likeness (QED) is 0.787. The monoisotopic (exact) mass is 330 g/mol. The Hall–Kier alpha value is -0.680. The van der Waals surface area contributed by atoms with E-state index in [4.69, 9.17) is 4.52 Å². The molecule has 0 unspecified atom stereocenters. The maximum atomic E-state index is 5.16. The van der Waals surface area contributed by atoms with Gasteiger partial charge in [0.25, 0.3) is 5.89 Å².